The van der Waals surface area contributed by atoms with Gasteiger partial charge in [-0.1, -0.05) is 30.3 Å². The number of hydrogen-bond donors (Lipinski definition) is 0. The van der Waals surface area contributed by atoms with Gasteiger partial charge >= 0.3 is 0 Å². The molecule has 0 bridgehead atoms. The van der Waals surface area contributed by atoms with Crippen LogP contribution in [0.4, 0.5) is 0 Å². The number of Topliss-reactive ketones (excluding diaryl/α,β-unsaturated/α-hetero) is 1. The van der Waals surface area contributed by atoms with E-state index in [0.29, 0.717) is 12.8 Å². The second-order valence-corrected chi connectivity index (χ2v) is 5.74. The molecule has 3 nitrogen and oxygen atoms in total. The molecule has 0 aliphatic rings. The zero-order valence-electron chi connectivity index (χ0n) is 11.6. The van der Waals surface area contributed by atoms with E-state index in [2.05, 4.69) is 11.1 Å². The Morgan fingerprint density at radius 1 is 1.40 bits per heavy atom. The first-order valence-electron chi connectivity index (χ1n) is 6.47. The maximum atomic E-state index is 12.1. The fraction of sp³-hybridized carbons (Fsp3) is 0.312. The summed E-state index contributed by atoms with van der Waals surface area (Å²) in [6.45, 7) is 3.45. The number of ketones is 1. The Kier molecular flexibility index (Phi) is 4.31. The number of thiazole rings is 1. The number of benzene rings is 1. The van der Waals surface area contributed by atoms with Crippen molar-refractivity contribution in [1.29, 1.82) is 5.26 Å². The minimum Gasteiger partial charge on any atom is -0.298 e. The predicted octanol–water partition coefficient (Wildman–Crippen LogP) is 3.43. The Labute approximate surface area is 122 Å². The van der Waals surface area contributed by atoms with Crippen LogP contribution in [0.3, 0.4) is 0 Å². The van der Waals surface area contributed by atoms with Crippen molar-refractivity contribution in [3.63, 3.8) is 0 Å². The maximum absolute atomic E-state index is 12.1. The number of hydrogen-bond acceptors (Lipinski definition) is 4. The highest BCUT2D eigenvalue weighted by atomic mass is 32.1. The van der Waals surface area contributed by atoms with Gasteiger partial charge in [0.25, 0.3) is 0 Å². The zero-order chi connectivity index (χ0) is 14.6. The first kappa shape index (κ1) is 14.4. The Bertz CT molecular complexity index is 642. The Balaban J connectivity index is 2.32. The molecular formula is C16H16N2OS. The van der Waals surface area contributed by atoms with Gasteiger partial charge in [-0.05, 0) is 32.3 Å². The van der Waals surface area contributed by atoms with Crippen molar-refractivity contribution in [3.8, 4) is 6.07 Å². The molecule has 1 heterocycles. The summed E-state index contributed by atoms with van der Waals surface area (Å²) in [7, 11) is 0. The van der Waals surface area contributed by atoms with Crippen LogP contribution in [0, 0.1) is 18.3 Å². The third kappa shape index (κ3) is 2.63. The van der Waals surface area contributed by atoms with Crippen LogP contribution in [0.25, 0.3) is 0 Å². The third-order valence-electron chi connectivity index (χ3n) is 3.63. The van der Waals surface area contributed by atoms with E-state index in [1.807, 2.05) is 37.3 Å². The second kappa shape index (κ2) is 5.98. The lowest BCUT2D eigenvalue weighted by Crippen LogP contribution is -2.33. The highest BCUT2D eigenvalue weighted by Gasteiger charge is 2.37. The molecule has 0 amide bonds. The van der Waals surface area contributed by atoms with Crippen LogP contribution in [0.5, 0.6) is 0 Å². The molecule has 1 atom stereocenters. The zero-order valence-corrected chi connectivity index (χ0v) is 12.4. The maximum Gasteiger partial charge on any atom is 0.154 e. The molecule has 1 aromatic carbocycles. The lowest BCUT2D eigenvalue weighted by atomic mass is 9.75. The molecule has 102 valence electrons. The van der Waals surface area contributed by atoms with Crippen molar-refractivity contribution in [2.75, 3.05) is 0 Å². The van der Waals surface area contributed by atoms with Crippen molar-refractivity contribution >= 4 is 17.1 Å². The Hall–Kier alpha value is -1.99. The van der Waals surface area contributed by atoms with Gasteiger partial charge in [0.15, 0.2) is 5.78 Å². The molecule has 2 aromatic rings. The minimum atomic E-state index is -1.06. The van der Waals surface area contributed by atoms with Crippen LogP contribution in [0.2, 0.25) is 0 Å². The normalized spacial score (nSPS) is 13.4. The summed E-state index contributed by atoms with van der Waals surface area (Å²) < 4.78 is 0. The van der Waals surface area contributed by atoms with E-state index in [-0.39, 0.29) is 5.78 Å². The van der Waals surface area contributed by atoms with Gasteiger partial charge in [-0.2, -0.15) is 5.26 Å². The van der Waals surface area contributed by atoms with Gasteiger partial charge in [0.1, 0.15) is 5.41 Å². The largest absolute Gasteiger partial charge is 0.298 e. The van der Waals surface area contributed by atoms with Crippen LogP contribution < -0.4 is 0 Å². The summed E-state index contributed by atoms with van der Waals surface area (Å²) in [4.78, 5) is 17.5. The average molecular weight is 284 g/mol. The smallest absolute Gasteiger partial charge is 0.154 e. The minimum absolute atomic E-state index is 0.103. The van der Waals surface area contributed by atoms with Crippen LogP contribution >= 0.6 is 11.3 Å². The molecule has 4 heteroatoms. The van der Waals surface area contributed by atoms with Crippen LogP contribution in [-0.4, -0.2) is 10.8 Å². The predicted molar refractivity (Wildman–Crippen MR) is 79.6 cm³/mol. The molecule has 2 rings (SSSR count). The topological polar surface area (TPSA) is 53.8 Å². The molecule has 20 heavy (non-hydrogen) atoms. The number of aryl methyl sites for hydroxylation is 2. The highest BCUT2D eigenvalue weighted by Crippen LogP contribution is 2.31. The van der Waals surface area contributed by atoms with Gasteiger partial charge in [0, 0.05) is 4.88 Å². The van der Waals surface area contributed by atoms with E-state index in [1.54, 1.807) is 16.8 Å². The molecule has 0 fully saturated rings. The third-order valence-corrected chi connectivity index (χ3v) is 4.63. The number of aromatic nitrogens is 1. The molecule has 1 unspecified atom stereocenters. The molecular weight excluding hydrogens is 268 g/mol. The summed E-state index contributed by atoms with van der Waals surface area (Å²) in [5.41, 5.74) is 2.50. The van der Waals surface area contributed by atoms with E-state index >= 15 is 0 Å². The van der Waals surface area contributed by atoms with Crippen molar-refractivity contribution < 1.29 is 4.79 Å². The first-order chi connectivity index (χ1) is 9.60. The lowest BCUT2D eigenvalue weighted by Gasteiger charge is -2.24. The highest BCUT2D eigenvalue weighted by molar-refractivity contribution is 7.09. The lowest BCUT2D eigenvalue weighted by molar-refractivity contribution is -0.120. The number of rotatable bonds is 5. The molecule has 0 aliphatic heterocycles. The quantitative estimate of drug-likeness (QED) is 0.845. The SMILES string of the molecule is CC(=O)C(C#N)(CCc1scnc1C)c1ccccc1. The summed E-state index contributed by atoms with van der Waals surface area (Å²) >= 11 is 1.58. The van der Waals surface area contributed by atoms with Gasteiger partial charge in [-0.3, -0.25) is 4.79 Å². The second-order valence-electron chi connectivity index (χ2n) is 4.80. The summed E-state index contributed by atoms with van der Waals surface area (Å²) in [5.74, 6) is -0.103. The fourth-order valence-electron chi connectivity index (χ4n) is 2.31. The molecule has 0 saturated carbocycles. The molecule has 0 aliphatic carbocycles. The number of nitriles is 1. The fourth-order valence-corrected chi connectivity index (χ4v) is 3.09. The Morgan fingerprint density at radius 2 is 2.10 bits per heavy atom. The van der Waals surface area contributed by atoms with Crippen molar-refractivity contribution in [2.24, 2.45) is 0 Å². The first-order valence-corrected chi connectivity index (χ1v) is 7.35. The van der Waals surface area contributed by atoms with Gasteiger partial charge in [-0.15, -0.1) is 11.3 Å². The number of carbonyl (C=O) groups is 1. The number of nitrogens with zero attached hydrogens (tertiary/aromatic N) is 2. The monoisotopic (exact) mass is 284 g/mol. The van der Waals surface area contributed by atoms with Crippen molar-refractivity contribution in [3.05, 3.63) is 52.0 Å². The summed E-state index contributed by atoms with van der Waals surface area (Å²) in [6.07, 6.45) is 1.18. The van der Waals surface area contributed by atoms with Gasteiger partial charge in [0.2, 0.25) is 0 Å². The van der Waals surface area contributed by atoms with E-state index in [0.717, 1.165) is 16.1 Å². The molecule has 0 N–H and O–H groups in total. The van der Waals surface area contributed by atoms with Crippen LogP contribution in [0.1, 0.15) is 29.5 Å². The van der Waals surface area contributed by atoms with E-state index in [9.17, 15) is 10.1 Å². The van der Waals surface area contributed by atoms with Crippen molar-refractivity contribution in [1.82, 2.24) is 4.98 Å². The Morgan fingerprint density at radius 3 is 2.60 bits per heavy atom. The van der Waals surface area contributed by atoms with E-state index in [1.165, 1.54) is 6.92 Å². The standard InChI is InChI=1S/C16H16N2OS/c1-12-15(20-11-18-12)8-9-16(10-17,13(2)19)14-6-4-3-5-7-14/h3-7,11H,8-9H2,1-2H3. The van der Waals surface area contributed by atoms with Crippen LogP contribution in [-0.2, 0) is 16.6 Å². The molecule has 0 radical (unpaired) electrons. The number of carbonyl (C=O) groups excluding carboxylic acids is 1. The molecule has 0 spiro atoms. The summed E-state index contributed by atoms with van der Waals surface area (Å²) in [6, 6.07) is 11.6. The van der Waals surface area contributed by atoms with E-state index in [4.69, 9.17) is 0 Å². The van der Waals surface area contributed by atoms with Gasteiger partial charge in [0.05, 0.1) is 17.3 Å². The van der Waals surface area contributed by atoms with Gasteiger partial charge < -0.3 is 0 Å². The van der Waals surface area contributed by atoms with Gasteiger partial charge in [-0.25, -0.2) is 4.98 Å². The van der Waals surface area contributed by atoms with E-state index < -0.39 is 5.41 Å². The molecule has 1 aromatic heterocycles. The average Bonchev–Trinajstić information content (AvgIpc) is 2.86. The van der Waals surface area contributed by atoms with Crippen molar-refractivity contribution in [2.45, 2.75) is 32.1 Å². The summed E-state index contributed by atoms with van der Waals surface area (Å²) in [5, 5.41) is 9.62. The molecule has 0 saturated heterocycles. The van der Waals surface area contributed by atoms with Crippen LogP contribution in [0.15, 0.2) is 35.8 Å².